The molecular formula is C13H14F3N3O2. The zero-order chi connectivity index (χ0) is 15.6. The summed E-state index contributed by atoms with van der Waals surface area (Å²) in [5.74, 6) is -1.12. The van der Waals surface area contributed by atoms with Crippen molar-refractivity contribution >= 4 is 11.7 Å². The summed E-state index contributed by atoms with van der Waals surface area (Å²) >= 11 is 0. The summed E-state index contributed by atoms with van der Waals surface area (Å²) in [5.41, 5.74) is 3.97. The van der Waals surface area contributed by atoms with Gasteiger partial charge < -0.3 is 16.3 Å². The van der Waals surface area contributed by atoms with Crippen LogP contribution in [0.1, 0.15) is 28.8 Å². The van der Waals surface area contributed by atoms with Gasteiger partial charge in [-0.15, -0.1) is 0 Å². The Bertz CT molecular complexity index is 568. The first-order valence-corrected chi connectivity index (χ1v) is 6.29. The summed E-state index contributed by atoms with van der Waals surface area (Å²) in [6.07, 6.45) is -3.09. The molecule has 0 heterocycles. The summed E-state index contributed by atoms with van der Waals surface area (Å²) in [6.45, 7) is 0. The Labute approximate surface area is 118 Å². The first-order valence-electron chi connectivity index (χ1n) is 6.29. The lowest BCUT2D eigenvalue weighted by molar-refractivity contribution is -0.137. The SMILES string of the molecule is NC(=NO)C(NC(=O)c1ccccc1C(F)(F)F)C1CC1. The standard InChI is InChI=1S/C13H14F3N3O2/c14-13(15,16)9-4-2-1-3-8(9)12(20)18-10(7-5-6-7)11(17)19-21/h1-4,7,10,21H,5-6H2,(H2,17,19)(H,18,20). The summed E-state index contributed by atoms with van der Waals surface area (Å²) in [7, 11) is 0. The highest BCUT2D eigenvalue weighted by molar-refractivity contribution is 5.99. The van der Waals surface area contributed by atoms with Crippen LogP contribution in [0, 0.1) is 5.92 Å². The van der Waals surface area contributed by atoms with Crippen LogP contribution in [0.15, 0.2) is 29.4 Å². The summed E-state index contributed by atoms with van der Waals surface area (Å²) in [4.78, 5) is 12.1. The molecule has 2 rings (SSSR count). The number of hydrogen-bond donors (Lipinski definition) is 3. The number of nitrogens with two attached hydrogens (primary N) is 1. The van der Waals surface area contributed by atoms with Crippen molar-refractivity contribution in [1.82, 2.24) is 5.32 Å². The molecule has 0 radical (unpaired) electrons. The first-order chi connectivity index (χ1) is 9.84. The van der Waals surface area contributed by atoms with Crippen molar-refractivity contribution in [1.29, 1.82) is 0 Å². The van der Waals surface area contributed by atoms with E-state index in [2.05, 4.69) is 10.5 Å². The van der Waals surface area contributed by atoms with Gasteiger partial charge in [-0.1, -0.05) is 17.3 Å². The number of rotatable bonds is 4. The molecule has 5 nitrogen and oxygen atoms in total. The molecule has 1 fully saturated rings. The van der Waals surface area contributed by atoms with Crippen molar-refractivity contribution in [2.45, 2.75) is 25.1 Å². The van der Waals surface area contributed by atoms with E-state index in [0.717, 1.165) is 25.0 Å². The van der Waals surface area contributed by atoms with Crippen LogP contribution < -0.4 is 11.1 Å². The maximum atomic E-state index is 12.9. The highest BCUT2D eigenvalue weighted by atomic mass is 19.4. The Morgan fingerprint density at radius 2 is 2.00 bits per heavy atom. The molecule has 1 atom stereocenters. The Morgan fingerprint density at radius 1 is 1.38 bits per heavy atom. The van der Waals surface area contributed by atoms with Crippen molar-refractivity contribution < 1.29 is 23.2 Å². The molecule has 0 saturated heterocycles. The van der Waals surface area contributed by atoms with E-state index in [0.29, 0.717) is 0 Å². The number of oxime groups is 1. The minimum atomic E-state index is -4.63. The molecule has 8 heteroatoms. The van der Waals surface area contributed by atoms with Crippen molar-refractivity contribution in [2.75, 3.05) is 0 Å². The first kappa shape index (κ1) is 15.1. The number of benzene rings is 1. The number of hydrogen-bond acceptors (Lipinski definition) is 3. The van der Waals surface area contributed by atoms with Gasteiger partial charge in [-0.3, -0.25) is 4.79 Å². The van der Waals surface area contributed by atoms with E-state index in [-0.39, 0.29) is 11.8 Å². The van der Waals surface area contributed by atoms with E-state index >= 15 is 0 Å². The van der Waals surface area contributed by atoms with Gasteiger partial charge in [0.2, 0.25) is 0 Å². The second-order valence-electron chi connectivity index (χ2n) is 4.86. The minimum absolute atomic E-state index is 0.0112. The zero-order valence-electron chi connectivity index (χ0n) is 10.9. The maximum absolute atomic E-state index is 12.9. The lowest BCUT2D eigenvalue weighted by Gasteiger charge is -2.18. The summed E-state index contributed by atoms with van der Waals surface area (Å²) < 4.78 is 38.6. The van der Waals surface area contributed by atoms with Gasteiger partial charge in [-0.25, -0.2) is 0 Å². The fourth-order valence-corrected chi connectivity index (χ4v) is 2.07. The van der Waals surface area contributed by atoms with E-state index in [1.807, 2.05) is 0 Å². The average Bonchev–Trinajstić information content (AvgIpc) is 3.27. The zero-order valence-corrected chi connectivity index (χ0v) is 10.9. The third-order valence-corrected chi connectivity index (χ3v) is 3.29. The van der Waals surface area contributed by atoms with E-state index < -0.39 is 29.3 Å². The molecule has 4 N–H and O–H groups in total. The molecule has 1 aromatic carbocycles. The molecule has 0 bridgehead atoms. The lowest BCUT2D eigenvalue weighted by Crippen LogP contribution is -2.46. The maximum Gasteiger partial charge on any atom is 0.417 e. The van der Waals surface area contributed by atoms with Gasteiger partial charge in [0, 0.05) is 0 Å². The van der Waals surface area contributed by atoms with E-state index in [4.69, 9.17) is 10.9 Å². The number of alkyl halides is 3. The molecule has 1 aliphatic carbocycles. The Hall–Kier alpha value is -2.25. The molecule has 114 valence electrons. The van der Waals surface area contributed by atoms with Gasteiger partial charge in [0.05, 0.1) is 17.2 Å². The van der Waals surface area contributed by atoms with Crippen LogP contribution in [-0.4, -0.2) is 23.0 Å². The van der Waals surface area contributed by atoms with Gasteiger partial charge in [0.1, 0.15) is 0 Å². The quantitative estimate of drug-likeness (QED) is 0.344. The Morgan fingerprint density at radius 3 is 2.52 bits per heavy atom. The normalized spacial score (nSPS) is 17.4. The molecule has 1 amide bonds. The third-order valence-electron chi connectivity index (χ3n) is 3.29. The summed E-state index contributed by atoms with van der Waals surface area (Å²) in [5, 5.41) is 13.9. The van der Waals surface area contributed by atoms with Crippen LogP contribution >= 0.6 is 0 Å². The second-order valence-corrected chi connectivity index (χ2v) is 4.86. The molecule has 1 aliphatic rings. The van der Waals surface area contributed by atoms with Crippen molar-refractivity contribution in [3.05, 3.63) is 35.4 Å². The van der Waals surface area contributed by atoms with Crippen LogP contribution in [0.3, 0.4) is 0 Å². The van der Waals surface area contributed by atoms with E-state index in [9.17, 15) is 18.0 Å². The van der Waals surface area contributed by atoms with Gasteiger partial charge in [0.15, 0.2) is 5.84 Å². The molecular weight excluding hydrogens is 287 g/mol. The number of nitrogens with zero attached hydrogens (tertiary/aromatic N) is 1. The van der Waals surface area contributed by atoms with E-state index in [1.54, 1.807) is 0 Å². The molecule has 0 aromatic heterocycles. The second kappa shape index (κ2) is 5.63. The number of carbonyl (C=O) groups is 1. The molecule has 21 heavy (non-hydrogen) atoms. The van der Waals surface area contributed by atoms with E-state index in [1.165, 1.54) is 12.1 Å². The third kappa shape index (κ3) is 3.45. The average molecular weight is 301 g/mol. The lowest BCUT2D eigenvalue weighted by atomic mass is 10.1. The predicted octanol–water partition coefficient (Wildman–Crippen LogP) is 1.96. The smallest absolute Gasteiger partial charge is 0.409 e. The van der Waals surface area contributed by atoms with Crippen molar-refractivity contribution in [3.8, 4) is 0 Å². The number of carbonyl (C=O) groups excluding carboxylic acids is 1. The topological polar surface area (TPSA) is 87.7 Å². The number of halogens is 3. The fourth-order valence-electron chi connectivity index (χ4n) is 2.07. The molecule has 0 spiro atoms. The highest BCUT2D eigenvalue weighted by Crippen LogP contribution is 2.34. The Kier molecular flexibility index (Phi) is 4.06. The van der Waals surface area contributed by atoms with Crippen molar-refractivity contribution in [3.63, 3.8) is 0 Å². The van der Waals surface area contributed by atoms with Crippen molar-refractivity contribution in [2.24, 2.45) is 16.8 Å². The van der Waals surface area contributed by atoms with Gasteiger partial charge in [-0.2, -0.15) is 13.2 Å². The minimum Gasteiger partial charge on any atom is -0.409 e. The van der Waals surface area contributed by atoms with Crippen LogP contribution in [0.25, 0.3) is 0 Å². The fraction of sp³-hybridized carbons (Fsp3) is 0.385. The number of amides is 1. The molecule has 1 saturated carbocycles. The monoisotopic (exact) mass is 301 g/mol. The Balaban J connectivity index is 2.24. The van der Waals surface area contributed by atoms with Crippen LogP contribution in [0.2, 0.25) is 0 Å². The van der Waals surface area contributed by atoms with Gasteiger partial charge in [0.25, 0.3) is 5.91 Å². The molecule has 0 aliphatic heterocycles. The molecule has 1 unspecified atom stereocenters. The number of nitrogens with one attached hydrogen (secondary N) is 1. The van der Waals surface area contributed by atoms with Crippen LogP contribution in [0.5, 0.6) is 0 Å². The van der Waals surface area contributed by atoms with Crippen LogP contribution in [-0.2, 0) is 6.18 Å². The number of amidine groups is 1. The van der Waals surface area contributed by atoms with Gasteiger partial charge >= 0.3 is 6.18 Å². The predicted molar refractivity (Wildman–Crippen MR) is 68.8 cm³/mol. The van der Waals surface area contributed by atoms with Gasteiger partial charge in [-0.05, 0) is 30.9 Å². The largest absolute Gasteiger partial charge is 0.417 e. The summed E-state index contributed by atoms with van der Waals surface area (Å²) in [6, 6.07) is 3.73. The highest BCUT2D eigenvalue weighted by Gasteiger charge is 2.38. The van der Waals surface area contributed by atoms with Crippen LogP contribution in [0.4, 0.5) is 13.2 Å². The molecule has 1 aromatic rings.